The zero-order valence-corrected chi connectivity index (χ0v) is 12.5. The van der Waals surface area contributed by atoms with Crippen molar-refractivity contribution in [3.63, 3.8) is 0 Å². The number of anilines is 1. The van der Waals surface area contributed by atoms with Crippen molar-refractivity contribution >= 4 is 33.5 Å². The van der Waals surface area contributed by atoms with Crippen molar-refractivity contribution in [2.45, 2.75) is 19.9 Å². The molecule has 1 aromatic carbocycles. The highest BCUT2D eigenvalue weighted by molar-refractivity contribution is 6.15. The van der Waals surface area contributed by atoms with Crippen LogP contribution in [0.25, 0.3) is 21.9 Å². The van der Waals surface area contributed by atoms with Crippen LogP contribution in [0.5, 0.6) is 0 Å². The molecule has 0 unspecified atom stereocenters. The number of nitrogens with one attached hydrogen (secondary N) is 2. The maximum atomic E-state index is 12.1. The molecule has 0 amide bonds. The molecule has 0 aliphatic heterocycles. The Bertz CT molecular complexity index is 819. The van der Waals surface area contributed by atoms with E-state index in [0.29, 0.717) is 17.8 Å². The third kappa shape index (κ3) is 2.39. The SMILES string of the molecule is CCOC(=O)c1oc2ccc3[nH]ncc3c2c1NC[C@@H](C)N. The minimum atomic E-state index is -0.498. The van der Waals surface area contributed by atoms with Crippen LogP contribution in [0.3, 0.4) is 0 Å². The van der Waals surface area contributed by atoms with Crippen LogP contribution in [0.1, 0.15) is 24.4 Å². The Morgan fingerprint density at radius 1 is 1.55 bits per heavy atom. The number of aromatic amines is 1. The van der Waals surface area contributed by atoms with Gasteiger partial charge >= 0.3 is 5.97 Å². The van der Waals surface area contributed by atoms with Gasteiger partial charge in [0.15, 0.2) is 0 Å². The van der Waals surface area contributed by atoms with Crippen molar-refractivity contribution in [1.29, 1.82) is 0 Å². The van der Waals surface area contributed by atoms with Crippen molar-refractivity contribution in [3.05, 3.63) is 24.1 Å². The number of hydrogen-bond donors (Lipinski definition) is 3. The zero-order chi connectivity index (χ0) is 15.7. The normalized spacial score (nSPS) is 12.7. The highest BCUT2D eigenvalue weighted by Gasteiger charge is 2.23. The fraction of sp³-hybridized carbons (Fsp3) is 0.333. The lowest BCUT2D eigenvalue weighted by molar-refractivity contribution is 0.0494. The molecule has 0 fully saturated rings. The molecule has 3 rings (SSSR count). The minimum Gasteiger partial charge on any atom is -0.460 e. The second-order valence-corrected chi connectivity index (χ2v) is 5.15. The van der Waals surface area contributed by atoms with Gasteiger partial charge in [0.25, 0.3) is 0 Å². The van der Waals surface area contributed by atoms with Crippen LogP contribution in [-0.2, 0) is 4.74 Å². The first-order chi connectivity index (χ1) is 10.6. The molecule has 22 heavy (non-hydrogen) atoms. The number of hydrogen-bond acceptors (Lipinski definition) is 6. The summed E-state index contributed by atoms with van der Waals surface area (Å²) in [4.78, 5) is 12.1. The number of benzene rings is 1. The number of rotatable bonds is 5. The molecule has 0 radical (unpaired) electrons. The summed E-state index contributed by atoms with van der Waals surface area (Å²) in [6.45, 7) is 4.43. The smallest absolute Gasteiger partial charge is 0.376 e. The van der Waals surface area contributed by atoms with Gasteiger partial charge in [-0.15, -0.1) is 0 Å². The van der Waals surface area contributed by atoms with E-state index in [1.54, 1.807) is 19.2 Å². The van der Waals surface area contributed by atoms with Gasteiger partial charge < -0.3 is 20.2 Å². The minimum absolute atomic E-state index is 0.0662. The van der Waals surface area contributed by atoms with E-state index in [1.807, 2.05) is 13.0 Å². The van der Waals surface area contributed by atoms with Crippen LogP contribution >= 0.6 is 0 Å². The number of nitrogens with zero attached hydrogens (tertiary/aromatic N) is 1. The quantitative estimate of drug-likeness (QED) is 0.624. The molecule has 116 valence electrons. The van der Waals surface area contributed by atoms with Gasteiger partial charge in [-0.3, -0.25) is 5.10 Å². The van der Waals surface area contributed by atoms with Crippen LogP contribution in [0.2, 0.25) is 0 Å². The predicted octanol–water partition coefficient (Wildman–Crippen LogP) is 2.24. The number of ether oxygens (including phenoxy) is 1. The maximum absolute atomic E-state index is 12.1. The van der Waals surface area contributed by atoms with Crippen molar-refractivity contribution in [2.75, 3.05) is 18.5 Å². The largest absolute Gasteiger partial charge is 0.460 e. The molecule has 7 nitrogen and oxygen atoms in total. The summed E-state index contributed by atoms with van der Waals surface area (Å²) in [6, 6.07) is 3.59. The van der Waals surface area contributed by atoms with Crippen LogP contribution < -0.4 is 11.1 Å². The highest BCUT2D eigenvalue weighted by atomic mass is 16.5. The molecule has 0 aliphatic carbocycles. The first kappa shape index (κ1) is 14.4. The van der Waals surface area contributed by atoms with E-state index in [0.717, 1.165) is 16.3 Å². The van der Waals surface area contributed by atoms with Gasteiger partial charge in [-0.25, -0.2) is 4.79 Å². The van der Waals surface area contributed by atoms with Gasteiger partial charge in [0.05, 0.1) is 29.4 Å². The topological polar surface area (TPSA) is 106 Å². The Labute approximate surface area is 126 Å². The first-order valence-corrected chi connectivity index (χ1v) is 7.17. The lowest BCUT2D eigenvalue weighted by atomic mass is 10.1. The van der Waals surface area contributed by atoms with Crippen LogP contribution in [0.4, 0.5) is 5.69 Å². The molecule has 0 saturated carbocycles. The van der Waals surface area contributed by atoms with E-state index in [2.05, 4.69) is 15.5 Å². The zero-order valence-electron chi connectivity index (χ0n) is 12.5. The number of furan rings is 1. The van der Waals surface area contributed by atoms with E-state index >= 15 is 0 Å². The Balaban J connectivity index is 2.20. The van der Waals surface area contributed by atoms with Crippen LogP contribution in [0, 0.1) is 0 Å². The first-order valence-electron chi connectivity index (χ1n) is 7.17. The summed E-state index contributed by atoms with van der Waals surface area (Å²) >= 11 is 0. The van der Waals surface area contributed by atoms with Gasteiger partial charge in [-0.1, -0.05) is 0 Å². The van der Waals surface area contributed by atoms with Gasteiger partial charge in [-0.05, 0) is 26.0 Å². The van der Waals surface area contributed by atoms with Crippen molar-refractivity contribution < 1.29 is 13.9 Å². The van der Waals surface area contributed by atoms with Crippen LogP contribution in [0.15, 0.2) is 22.7 Å². The monoisotopic (exact) mass is 302 g/mol. The summed E-state index contributed by atoms with van der Waals surface area (Å²) in [5.41, 5.74) is 7.87. The summed E-state index contributed by atoms with van der Waals surface area (Å²) < 4.78 is 10.8. The molecule has 2 aromatic heterocycles. The summed E-state index contributed by atoms with van der Waals surface area (Å²) in [5.74, 6) is -0.339. The molecule has 0 spiro atoms. The van der Waals surface area contributed by atoms with Gasteiger partial charge in [0.2, 0.25) is 5.76 Å². The predicted molar refractivity (Wildman–Crippen MR) is 84.0 cm³/mol. The highest BCUT2D eigenvalue weighted by Crippen LogP contribution is 2.36. The van der Waals surface area contributed by atoms with E-state index < -0.39 is 5.97 Å². The Morgan fingerprint density at radius 3 is 3.09 bits per heavy atom. The number of carbonyl (C=O) groups is 1. The average molecular weight is 302 g/mol. The molecule has 7 heteroatoms. The van der Waals surface area contributed by atoms with Gasteiger partial charge in [-0.2, -0.15) is 5.10 Å². The molecule has 2 heterocycles. The Morgan fingerprint density at radius 2 is 2.36 bits per heavy atom. The second-order valence-electron chi connectivity index (χ2n) is 5.15. The maximum Gasteiger partial charge on any atom is 0.376 e. The molecule has 1 atom stereocenters. The van der Waals surface area contributed by atoms with Crippen LogP contribution in [-0.4, -0.2) is 35.4 Å². The van der Waals surface area contributed by atoms with Crippen molar-refractivity contribution in [1.82, 2.24) is 10.2 Å². The standard InChI is InChI=1S/C15H18N4O3/c1-3-21-15(20)14-13(17-6-8(2)16)12-9-7-18-19-10(9)4-5-11(12)22-14/h4-5,7-8,17H,3,6,16H2,1-2H3,(H,18,19)/t8-/m1/s1. The van der Waals surface area contributed by atoms with Gasteiger partial charge in [0.1, 0.15) is 5.58 Å². The molecule has 0 bridgehead atoms. The lowest BCUT2D eigenvalue weighted by Gasteiger charge is -2.09. The number of esters is 1. The Kier molecular flexibility index (Phi) is 3.72. The summed E-state index contributed by atoms with van der Waals surface area (Å²) in [7, 11) is 0. The number of aromatic nitrogens is 2. The molecular weight excluding hydrogens is 284 g/mol. The third-order valence-electron chi connectivity index (χ3n) is 3.34. The van der Waals surface area contributed by atoms with Gasteiger partial charge in [0, 0.05) is 18.0 Å². The molecule has 3 aromatic rings. The molecule has 4 N–H and O–H groups in total. The second kappa shape index (κ2) is 5.69. The summed E-state index contributed by atoms with van der Waals surface area (Å²) in [6.07, 6.45) is 1.71. The number of carbonyl (C=O) groups excluding carboxylic acids is 1. The van der Waals surface area contributed by atoms with E-state index in [4.69, 9.17) is 14.9 Å². The van der Waals surface area contributed by atoms with E-state index in [9.17, 15) is 4.79 Å². The molecular formula is C15H18N4O3. The fourth-order valence-electron chi connectivity index (χ4n) is 2.39. The number of nitrogens with two attached hydrogens (primary N) is 1. The fourth-order valence-corrected chi connectivity index (χ4v) is 2.39. The molecule has 0 saturated heterocycles. The third-order valence-corrected chi connectivity index (χ3v) is 3.34. The van der Waals surface area contributed by atoms with Crippen molar-refractivity contribution in [2.24, 2.45) is 5.73 Å². The van der Waals surface area contributed by atoms with E-state index in [1.165, 1.54) is 0 Å². The van der Waals surface area contributed by atoms with E-state index in [-0.39, 0.29) is 18.4 Å². The number of H-pyrrole nitrogens is 1. The average Bonchev–Trinajstić information content (AvgIpc) is 3.08. The summed E-state index contributed by atoms with van der Waals surface area (Å²) in [5, 5.41) is 11.8. The van der Waals surface area contributed by atoms with Crippen molar-refractivity contribution in [3.8, 4) is 0 Å². The number of fused-ring (bicyclic) bond motifs is 3. The Hall–Kier alpha value is -2.54. The molecule has 0 aliphatic rings. The lowest BCUT2D eigenvalue weighted by Crippen LogP contribution is -2.25.